The number of rotatable bonds is 6. The van der Waals surface area contributed by atoms with E-state index in [4.69, 9.17) is 14.8 Å². The van der Waals surface area contributed by atoms with Gasteiger partial charge in [-0.1, -0.05) is 29.8 Å². The van der Waals surface area contributed by atoms with Crippen molar-refractivity contribution in [3.05, 3.63) is 40.7 Å². The fraction of sp³-hybridized carbons (Fsp3) is 0.429. The number of aryl methyl sites for hydroxylation is 1. The lowest BCUT2D eigenvalue weighted by atomic mass is 10.1. The van der Waals surface area contributed by atoms with Crippen LogP contribution in [0.25, 0.3) is 5.70 Å². The maximum atomic E-state index is 12.6. The number of nitrogens with two attached hydrogens (primary N) is 1. The molecule has 0 aliphatic carbocycles. The first-order valence-electron chi connectivity index (χ1n) is 6.37. The van der Waals surface area contributed by atoms with Crippen LogP contribution in [-0.4, -0.2) is 13.2 Å². The van der Waals surface area contributed by atoms with Crippen LogP contribution in [0.1, 0.15) is 31.9 Å². The maximum absolute atomic E-state index is 12.6. The van der Waals surface area contributed by atoms with Crippen LogP contribution in [-0.2, 0) is 13.6 Å². The third kappa shape index (κ3) is 3.93. The molecule has 0 unspecified atom stereocenters. The van der Waals surface area contributed by atoms with Crippen molar-refractivity contribution in [1.29, 1.82) is 0 Å². The molecule has 0 aliphatic rings. The van der Waals surface area contributed by atoms with Gasteiger partial charge in [-0.05, 0) is 33.3 Å². The van der Waals surface area contributed by atoms with Crippen molar-refractivity contribution in [2.45, 2.75) is 27.7 Å². The average Bonchev–Trinajstić information content (AvgIpc) is 2.38. The molecule has 0 atom stereocenters. The van der Waals surface area contributed by atoms with Gasteiger partial charge in [-0.3, -0.25) is 4.57 Å². The minimum Gasteiger partial charge on any atom is -0.398 e. The lowest BCUT2D eigenvalue weighted by Crippen LogP contribution is -2.04. The van der Waals surface area contributed by atoms with Crippen molar-refractivity contribution >= 4 is 13.3 Å². The van der Waals surface area contributed by atoms with Crippen molar-refractivity contribution in [1.82, 2.24) is 0 Å². The Labute approximate surface area is 115 Å². The predicted octanol–water partition coefficient (Wildman–Crippen LogP) is 3.91. The van der Waals surface area contributed by atoms with E-state index in [0.29, 0.717) is 24.2 Å². The summed E-state index contributed by atoms with van der Waals surface area (Å²) in [5.74, 6) is 0. The molecule has 1 rings (SSSR count). The van der Waals surface area contributed by atoms with Crippen LogP contribution < -0.4 is 5.73 Å². The van der Waals surface area contributed by atoms with Crippen LogP contribution in [0.5, 0.6) is 0 Å². The molecule has 0 aromatic heterocycles. The third-order valence-electron chi connectivity index (χ3n) is 2.76. The molecule has 0 bridgehead atoms. The molecule has 4 nitrogen and oxygen atoms in total. The summed E-state index contributed by atoms with van der Waals surface area (Å²) in [6, 6.07) is 7.72. The molecule has 0 heterocycles. The van der Waals surface area contributed by atoms with E-state index in [1.807, 2.05) is 31.2 Å². The zero-order valence-corrected chi connectivity index (χ0v) is 12.9. The SMILES string of the molecule is CCOP(=O)(OCC)/C(C)=C(\N)c1ccc(C)cc1. The van der Waals surface area contributed by atoms with Crippen molar-refractivity contribution in [3.8, 4) is 0 Å². The molecular weight excluding hydrogens is 261 g/mol. The van der Waals surface area contributed by atoms with E-state index < -0.39 is 7.60 Å². The second-order valence-electron chi connectivity index (χ2n) is 4.20. The fourth-order valence-corrected chi connectivity index (χ4v) is 3.23. The van der Waals surface area contributed by atoms with Gasteiger partial charge in [-0.25, -0.2) is 0 Å². The molecule has 0 radical (unpaired) electrons. The van der Waals surface area contributed by atoms with E-state index in [9.17, 15) is 4.57 Å². The Hall–Kier alpha value is -1.09. The first-order chi connectivity index (χ1) is 8.94. The van der Waals surface area contributed by atoms with Gasteiger partial charge in [0.2, 0.25) is 0 Å². The highest BCUT2D eigenvalue weighted by Crippen LogP contribution is 2.57. The summed E-state index contributed by atoms with van der Waals surface area (Å²) >= 11 is 0. The normalized spacial score (nSPS) is 13.3. The minimum atomic E-state index is -3.29. The van der Waals surface area contributed by atoms with Crippen molar-refractivity contribution < 1.29 is 13.6 Å². The van der Waals surface area contributed by atoms with Crippen LogP contribution in [0.2, 0.25) is 0 Å². The van der Waals surface area contributed by atoms with Crippen molar-refractivity contribution in [3.63, 3.8) is 0 Å². The minimum absolute atomic E-state index is 0.315. The molecule has 0 saturated carbocycles. The van der Waals surface area contributed by atoms with Gasteiger partial charge in [0.1, 0.15) is 0 Å². The molecule has 106 valence electrons. The van der Waals surface area contributed by atoms with Crippen LogP contribution in [0, 0.1) is 6.92 Å². The zero-order valence-electron chi connectivity index (χ0n) is 12.0. The van der Waals surface area contributed by atoms with E-state index in [0.717, 1.165) is 11.1 Å². The highest BCUT2D eigenvalue weighted by Gasteiger charge is 2.28. The average molecular weight is 283 g/mol. The molecule has 5 heteroatoms. The summed E-state index contributed by atoms with van der Waals surface area (Å²) < 4.78 is 23.2. The Bertz CT molecular complexity index is 484. The largest absolute Gasteiger partial charge is 0.398 e. The lowest BCUT2D eigenvalue weighted by Gasteiger charge is -2.19. The molecule has 2 N–H and O–H groups in total. The molecular formula is C14H22NO3P. The molecule has 1 aromatic carbocycles. The molecule has 0 amide bonds. The smallest absolute Gasteiger partial charge is 0.359 e. The summed E-state index contributed by atoms with van der Waals surface area (Å²) in [5, 5.41) is 0.458. The van der Waals surface area contributed by atoms with Gasteiger partial charge in [0.25, 0.3) is 0 Å². The van der Waals surface area contributed by atoms with E-state index in [-0.39, 0.29) is 0 Å². The molecule has 0 spiro atoms. The first kappa shape index (κ1) is 16.0. The molecule has 1 aromatic rings. The van der Waals surface area contributed by atoms with E-state index in [1.165, 1.54) is 0 Å². The van der Waals surface area contributed by atoms with Crippen LogP contribution in [0.15, 0.2) is 29.6 Å². The highest BCUT2D eigenvalue weighted by atomic mass is 31.2. The van der Waals surface area contributed by atoms with Gasteiger partial charge in [0.15, 0.2) is 0 Å². The van der Waals surface area contributed by atoms with Gasteiger partial charge < -0.3 is 14.8 Å². The van der Waals surface area contributed by atoms with Crippen LogP contribution >= 0.6 is 7.60 Å². The Morgan fingerprint density at radius 2 is 1.63 bits per heavy atom. The summed E-state index contributed by atoms with van der Waals surface area (Å²) in [5.41, 5.74) is 8.50. The summed E-state index contributed by atoms with van der Waals surface area (Å²) in [6.07, 6.45) is 0. The van der Waals surface area contributed by atoms with Gasteiger partial charge in [-0.15, -0.1) is 0 Å². The molecule has 0 aliphatic heterocycles. The number of allylic oxidation sites excluding steroid dienone is 1. The van der Waals surface area contributed by atoms with E-state index in [2.05, 4.69) is 0 Å². The van der Waals surface area contributed by atoms with E-state index in [1.54, 1.807) is 20.8 Å². The van der Waals surface area contributed by atoms with Gasteiger partial charge >= 0.3 is 7.60 Å². The van der Waals surface area contributed by atoms with Crippen LogP contribution in [0.3, 0.4) is 0 Å². The summed E-state index contributed by atoms with van der Waals surface area (Å²) in [7, 11) is -3.29. The van der Waals surface area contributed by atoms with Gasteiger partial charge in [0, 0.05) is 5.70 Å². The third-order valence-corrected chi connectivity index (χ3v) is 5.02. The quantitative estimate of drug-likeness (QED) is 0.804. The van der Waals surface area contributed by atoms with Crippen molar-refractivity contribution in [2.75, 3.05) is 13.2 Å². The topological polar surface area (TPSA) is 61.5 Å². The number of hydrogen-bond acceptors (Lipinski definition) is 4. The molecule has 0 saturated heterocycles. The maximum Gasteiger partial charge on any atom is 0.359 e. The number of benzene rings is 1. The predicted molar refractivity (Wildman–Crippen MR) is 78.8 cm³/mol. The second kappa shape index (κ2) is 6.90. The zero-order chi connectivity index (χ0) is 14.5. The molecule has 0 fully saturated rings. The lowest BCUT2D eigenvalue weighted by molar-refractivity contribution is 0.226. The standard InChI is InChI=1S/C14H22NO3P/c1-5-17-19(16,18-6-2)12(4)14(15)13-9-7-11(3)8-10-13/h7-10H,5-6,15H2,1-4H3/b14-12-. The Morgan fingerprint density at radius 3 is 2.05 bits per heavy atom. The van der Waals surface area contributed by atoms with Gasteiger partial charge in [-0.2, -0.15) is 0 Å². The summed E-state index contributed by atoms with van der Waals surface area (Å²) in [6.45, 7) is 7.89. The molecule has 19 heavy (non-hydrogen) atoms. The van der Waals surface area contributed by atoms with Crippen LogP contribution in [0.4, 0.5) is 0 Å². The number of hydrogen-bond donors (Lipinski definition) is 1. The van der Waals surface area contributed by atoms with Crippen molar-refractivity contribution in [2.24, 2.45) is 5.73 Å². The monoisotopic (exact) mass is 283 g/mol. The fourth-order valence-electron chi connectivity index (χ4n) is 1.66. The van der Waals surface area contributed by atoms with E-state index >= 15 is 0 Å². The van der Waals surface area contributed by atoms with Gasteiger partial charge in [0.05, 0.1) is 18.5 Å². The highest BCUT2D eigenvalue weighted by molar-refractivity contribution is 7.58. The first-order valence-corrected chi connectivity index (χ1v) is 7.92. The Kier molecular flexibility index (Phi) is 5.80. The Balaban J connectivity index is 3.18. The Morgan fingerprint density at radius 1 is 1.16 bits per heavy atom. The summed E-state index contributed by atoms with van der Waals surface area (Å²) in [4.78, 5) is 0. The second-order valence-corrected chi connectivity index (χ2v) is 6.38.